The van der Waals surface area contributed by atoms with Crippen molar-refractivity contribution in [2.24, 2.45) is 0 Å². The molecule has 18 heavy (non-hydrogen) atoms. The van der Waals surface area contributed by atoms with Gasteiger partial charge in [-0.1, -0.05) is 17.7 Å². The summed E-state index contributed by atoms with van der Waals surface area (Å²) in [6, 6.07) is 5.57. The van der Waals surface area contributed by atoms with E-state index in [2.05, 4.69) is 16.9 Å². The Kier molecular flexibility index (Phi) is 4.19. The van der Waals surface area contributed by atoms with Crippen LogP contribution in [0.1, 0.15) is 23.3 Å². The van der Waals surface area contributed by atoms with E-state index in [0.29, 0.717) is 16.9 Å². The Morgan fingerprint density at radius 2 is 2.39 bits per heavy atom. The van der Waals surface area contributed by atoms with Gasteiger partial charge >= 0.3 is 0 Å². The van der Waals surface area contributed by atoms with Crippen LogP contribution in [0.5, 0.6) is 0 Å². The highest BCUT2D eigenvalue weighted by atomic mass is 35.5. The summed E-state index contributed by atoms with van der Waals surface area (Å²) in [7, 11) is 3.92. The summed E-state index contributed by atoms with van der Waals surface area (Å²) in [5, 5.41) is 0.354. The molecule has 0 aromatic carbocycles. The molecule has 2 heterocycles. The van der Waals surface area contributed by atoms with Crippen molar-refractivity contribution in [2.45, 2.75) is 18.9 Å². The molecule has 1 aromatic rings. The van der Waals surface area contributed by atoms with Gasteiger partial charge in [0.15, 0.2) is 0 Å². The van der Waals surface area contributed by atoms with Crippen molar-refractivity contribution in [3.05, 3.63) is 29.0 Å². The highest BCUT2D eigenvalue weighted by Crippen LogP contribution is 2.16. The third-order valence-corrected chi connectivity index (χ3v) is 3.65. The van der Waals surface area contributed by atoms with E-state index in [1.807, 2.05) is 7.05 Å². The SMILES string of the molecule is CN(CC1CCCN1C)C(=O)c1cccc(Cl)n1. The number of pyridine rings is 1. The Morgan fingerprint density at radius 1 is 1.61 bits per heavy atom. The van der Waals surface area contributed by atoms with Gasteiger partial charge < -0.3 is 9.80 Å². The lowest BCUT2D eigenvalue weighted by molar-refractivity contribution is 0.0756. The molecule has 98 valence electrons. The van der Waals surface area contributed by atoms with E-state index >= 15 is 0 Å². The molecule has 1 amide bonds. The second kappa shape index (κ2) is 5.67. The van der Waals surface area contributed by atoms with Crippen LogP contribution in [0.3, 0.4) is 0 Å². The summed E-state index contributed by atoms with van der Waals surface area (Å²) >= 11 is 5.80. The average Bonchev–Trinajstić information content (AvgIpc) is 2.74. The molecule has 0 bridgehead atoms. The van der Waals surface area contributed by atoms with Crippen molar-refractivity contribution in [3.63, 3.8) is 0 Å². The number of hydrogen-bond acceptors (Lipinski definition) is 3. The molecule has 1 saturated heterocycles. The topological polar surface area (TPSA) is 36.4 Å². The average molecular weight is 268 g/mol. The summed E-state index contributed by atoms with van der Waals surface area (Å²) in [6.07, 6.45) is 2.36. The third kappa shape index (κ3) is 3.00. The third-order valence-electron chi connectivity index (χ3n) is 3.44. The highest BCUT2D eigenvalue weighted by Gasteiger charge is 2.24. The lowest BCUT2D eigenvalue weighted by atomic mass is 10.2. The van der Waals surface area contributed by atoms with E-state index in [-0.39, 0.29) is 5.91 Å². The molecular weight excluding hydrogens is 250 g/mol. The van der Waals surface area contributed by atoms with Crippen LogP contribution in [0, 0.1) is 0 Å². The zero-order valence-electron chi connectivity index (χ0n) is 10.8. The molecule has 5 heteroatoms. The van der Waals surface area contributed by atoms with Gasteiger partial charge in [-0.15, -0.1) is 0 Å². The molecule has 1 aliphatic heterocycles. The Bertz CT molecular complexity index is 438. The summed E-state index contributed by atoms with van der Waals surface area (Å²) in [5.74, 6) is -0.0715. The van der Waals surface area contributed by atoms with Gasteiger partial charge in [0.25, 0.3) is 5.91 Å². The van der Waals surface area contributed by atoms with E-state index in [1.54, 1.807) is 23.1 Å². The molecule has 2 rings (SSSR count). The molecule has 4 nitrogen and oxygen atoms in total. The first-order valence-electron chi connectivity index (χ1n) is 6.16. The van der Waals surface area contributed by atoms with E-state index in [0.717, 1.165) is 19.5 Å². The summed E-state index contributed by atoms with van der Waals surface area (Å²) in [6.45, 7) is 1.85. The fourth-order valence-corrected chi connectivity index (χ4v) is 2.50. The number of likely N-dealkylation sites (N-methyl/N-ethyl adjacent to an activating group) is 2. The molecule has 0 aliphatic carbocycles. The highest BCUT2D eigenvalue weighted by molar-refractivity contribution is 6.29. The second-order valence-electron chi connectivity index (χ2n) is 4.81. The van der Waals surface area contributed by atoms with Crippen molar-refractivity contribution >= 4 is 17.5 Å². The predicted molar refractivity (Wildman–Crippen MR) is 71.9 cm³/mol. The van der Waals surface area contributed by atoms with Gasteiger partial charge in [0.2, 0.25) is 0 Å². The van der Waals surface area contributed by atoms with Crippen molar-refractivity contribution in [3.8, 4) is 0 Å². The standard InChI is InChI=1S/C13H18ClN3O/c1-16-8-4-5-10(16)9-17(2)13(18)11-6-3-7-12(14)15-11/h3,6-7,10H,4-5,8-9H2,1-2H3. The van der Waals surface area contributed by atoms with Gasteiger partial charge in [0, 0.05) is 19.6 Å². The van der Waals surface area contributed by atoms with Crippen LogP contribution in [-0.2, 0) is 0 Å². The minimum Gasteiger partial charge on any atom is -0.339 e. The Balaban J connectivity index is 2.00. The number of rotatable bonds is 3. The van der Waals surface area contributed by atoms with E-state index in [9.17, 15) is 4.79 Å². The molecule has 1 atom stereocenters. The van der Waals surface area contributed by atoms with Gasteiger partial charge in [-0.3, -0.25) is 4.79 Å². The smallest absolute Gasteiger partial charge is 0.272 e. The van der Waals surface area contributed by atoms with E-state index in [4.69, 9.17) is 11.6 Å². The fraction of sp³-hybridized carbons (Fsp3) is 0.538. The Labute approximate surface area is 113 Å². The number of halogens is 1. The molecule has 1 unspecified atom stereocenters. The first-order valence-corrected chi connectivity index (χ1v) is 6.54. The minimum atomic E-state index is -0.0715. The molecule has 1 aromatic heterocycles. The van der Waals surface area contributed by atoms with E-state index in [1.165, 1.54) is 6.42 Å². The lowest BCUT2D eigenvalue weighted by Crippen LogP contribution is -2.39. The molecule has 0 N–H and O–H groups in total. The molecule has 0 saturated carbocycles. The maximum absolute atomic E-state index is 12.2. The van der Waals surface area contributed by atoms with Crippen LogP contribution in [0.25, 0.3) is 0 Å². The zero-order chi connectivity index (χ0) is 13.1. The zero-order valence-corrected chi connectivity index (χ0v) is 11.5. The number of carbonyl (C=O) groups is 1. The number of hydrogen-bond donors (Lipinski definition) is 0. The summed E-state index contributed by atoms with van der Waals surface area (Å²) < 4.78 is 0. The summed E-state index contributed by atoms with van der Waals surface area (Å²) in [5.41, 5.74) is 0.408. The van der Waals surface area contributed by atoms with Crippen molar-refractivity contribution in [1.29, 1.82) is 0 Å². The Hall–Kier alpha value is -1.13. The number of aromatic nitrogens is 1. The molecule has 0 radical (unpaired) electrons. The van der Waals surface area contributed by atoms with Crippen LogP contribution in [0.4, 0.5) is 0 Å². The second-order valence-corrected chi connectivity index (χ2v) is 5.20. The number of likely N-dealkylation sites (tertiary alicyclic amines) is 1. The molecule has 1 fully saturated rings. The van der Waals surface area contributed by atoms with Gasteiger partial charge in [-0.05, 0) is 38.6 Å². The van der Waals surface area contributed by atoms with Gasteiger partial charge in [-0.25, -0.2) is 4.98 Å². The maximum Gasteiger partial charge on any atom is 0.272 e. The van der Waals surface area contributed by atoms with Crippen LogP contribution >= 0.6 is 11.6 Å². The van der Waals surface area contributed by atoms with Crippen LogP contribution in [0.2, 0.25) is 5.15 Å². The predicted octanol–water partition coefficient (Wildman–Crippen LogP) is 1.90. The number of carbonyl (C=O) groups excluding carboxylic acids is 1. The maximum atomic E-state index is 12.2. The first kappa shape index (κ1) is 13.3. The molecular formula is C13H18ClN3O. The van der Waals surface area contributed by atoms with Crippen molar-refractivity contribution in [2.75, 3.05) is 27.2 Å². The van der Waals surface area contributed by atoms with Gasteiger partial charge in [-0.2, -0.15) is 0 Å². The lowest BCUT2D eigenvalue weighted by Gasteiger charge is -2.25. The Morgan fingerprint density at radius 3 is 3.00 bits per heavy atom. The van der Waals surface area contributed by atoms with Gasteiger partial charge in [0.05, 0.1) is 0 Å². The first-order chi connectivity index (χ1) is 8.58. The van der Waals surface area contributed by atoms with Crippen LogP contribution in [0.15, 0.2) is 18.2 Å². The summed E-state index contributed by atoms with van der Waals surface area (Å²) in [4.78, 5) is 20.3. The van der Waals surface area contributed by atoms with Crippen LogP contribution in [-0.4, -0.2) is 53.9 Å². The largest absolute Gasteiger partial charge is 0.339 e. The van der Waals surface area contributed by atoms with Gasteiger partial charge in [0.1, 0.15) is 10.8 Å². The number of nitrogens with zero attached hydrogens (tertiary/aromatic N) is 3. The fourth-order valence-electron chi connectivity index (χ4n) is 2.33. The van der Waals surface area contributed by atoms with Crippen molar-refractivity contribution < 1.29 is 4.79 Å². The van der Waals surface area contributed by atoms with Crippen LogP contribution < -0.4 is 0 Å². The van der Waals surface area contributed by atoms with Crippen molar-refractivity contribution in [1.82, 2.24) is 14.8 Å². The van der Waals surface area contributed by atoms with E-state index < -0.39 is 0 Å². The normalized spacial score (nSPS) is 20.1. The minimum absolute atomic E-state index is 0.0715. The molecule has 0 spiro atoms. The molecule has 1 aliphatic rings. The monoisotopic (exact) mass is 267 g/mol. The number of amides is 1. The quantitative estimate of drug-likeness (QED) is 0.785.